The number of rotatable bonds is 6. The van der Waals surface area contributed by atoms with Crippen molar-refractivity contribution in [1.82, 2.24) is 9.97 Å². The standard InChI is InChI=1S/C20H29N3O3Si/c1-7-14-10-15(26-27(4,5)6)8-9-23(14)20-16-11-18(24-2)19(25-3)12-17(16)21-13-22-20/h7,11-15H,1,8-10H2,2-6H3. The van der Waals surface area contributed by atoms with Crippen molar-refractivity contribution in [3.63, 3.8) is 0 Å². The third kappa shape index (κ3) is 4.25. The molecule has 0 aliphatic carbocycles. The Morgan fingerprint density at radius 1 is 1.15 bits per heavy atom. The van der Waals surface area contributed by atoms with E-state index in [1.165, 1.54) is 0 Å². The number of fused-ring (bicyclic) bond motifs is 1. The first kappa shape index (κ1) is 19.6. The molecule has 1 aromatic heterocycles. The molecule has 1 aliphatic heterocycles. The van der Waals surface area contributed by atoms with Gasteiger partial charge in [0.05, 0.1) is 25.8 Å². The average molecular weight is 388 g/mol. The Morgan fingerprint density at radius 2 is 1.85 bits per heavy atom. The Bertz CT molecular complexity index is 822. The normalized spacial score (nSPS) is 20.6. The first-order chi connectivity index (χ1) is 12.9. The Morgan fingerprint density at radius 3 is 2.48 bits per heavy atom. The van der Waals surface area contributed by atoms with Crippen LogP contribution in [0.1, 0.15) is 12.8 Å². The number of ether oxygens (including phenoxy) is 2. The van der Waals surface area contributed by atoms with E-state index in [9.17, 15) is 0 Å². The van der Waals surface area contributed by atoms with Gasteiger partial charge in [-0.25, -0.2) is 9.97 Å². The summed E-state index contributed by atoms with van der Waals surface area (Å²) in [4.78, 5) is 11.3. The van der Waals surface area contributed by atoms with Gasteiger partial charge in [0.25, 0.3) is 0 Å². The van der Waals surface area contributed by atoms with Crippen molar-refractivity contribution in [3.8, 4) is 11.5 Å². The lowest BCUT2D eigenvalue weighted by molar-refractivity contribution is 0.153. The highest BCUT2D eigenvalue weighted by Crippen LogP contribution is 2.37. The highest BCUT2D eigenvalue weighted by Gasteiger charge is 2.32. The first-order valence-corrected chi connectivity index (χ1v) is 12.7. The molecule has 2 unspecified atom stereocenters. The Balaban J connectivity index is 1.95. The zero-order chi connectivity index (χ0) is 19.6. The van der Waals surface area contributed by atoms with Crippen LogP contribution < -0.4 is 14.4 Å². The van der Waals surface area contributed by atoms with Crippen molar-refractivity contribution in [1.29, 1.82) is 0 Å². The summed E-state index contributed by atoms with van der Waals surface area (Å²) in [5.74, 6) is 2.24. The quantitative estimate of drug-likeness (QED) is 0.551. The predicted molar refractivity (Wildman–Crippen MR) is 111 cm³/mol. The number of benzene rings is 1. The molecular formula is C20H29N3O3Si. The minimum atomic E-state index is -1.56. The third-order valence-corrected chi connectivity index (χ3v) is 5.82. The van der Waals surface area contributed by atoms with Gasteiger partial charge in [-0.3, -0.25) is 0 Å². The van der Waals surface area contributed by atoms with Crippen LogP contribution in [0.15, 0.2) is 31.1 Å². The van der Waals surface area contributed by atoms with Crippen LogP contribution in [0.2, 0.25) is 19.6 Å². The number of piperidine rings is 1. The summed E-state index contributed by atoms with van der Waals surface area (Å²) in [6.07, 6.45) is 5.78. The molecule has 1 aromatic carbocycles. The molecule has 0 radical (unpaired) electrons. The topological polar surface area (TPSA) is 56.7 Å². The number of anilines is 1. The van der Waals surface area contributed by atoms with Crippen molar-refractivity contribution in [2.24, 2.45) is 0 Å². The maximum Gasteiger partial charge on any atom is 0.184 e. The fourth-order valence-electron chi connectivity index (χ4n) is 3.66. The largest absolute Gasteiger partial charge is 0.493 e. The number of hydrogen-bond acceptors (Lipinski definition) is 6. The zero-order valence-corrected chi connectivity index (χ0v) is 17.9. The molecule has 1 fully saturated rings. The summed E-state index contributed by atoms with van der Waals surface area (Å²) in [7, 11) is 1.70. The van der Waals surface area contributed by atoms with Gasteiger partial charge in [-0.1, -0.05) is 6.08 Å². The summed E-state index contributed by atoms with van der Waals surface area (Å²) in [5, 5.41) is 0.951. The maximum atomic E-state index is 6.34. The fourth-order valence-corrected chi connectivity index (χ4v) is 4.87. The van der Waals surface area contributed by atoms with Gasteiger partial charge in [0.15, 0.2) is 19.8 Å². The van der Waals surface area contributed by atoms with Crippen LogP contribution in [-0.2, 0) is 4.43 Å². The summed E-state index contributed by atoms with van der Waals surface area (Å²) in [6, 6.07) is 4.02. The van der Waals surface area contributed by atoms with E-state index in [2.05, 4.69) is 41.1 Å². The van der Waals surface area contributed by atoms with Crippen LogP contribution >= 0.6 is 0 Å². The molecule has 146 valence electrons. The van der Waals surface area contributed by atoms with E-state index in [0.717, 1.165) is 36.1 Å². The Labute approximate surface area is 162 Å². The second-order valence-corrected chi connectivity index (χ2v) is 12.3. The van der Waals surface area contributed by atoms with Gasteiger partial charge in [-0.2, -0.15) is 0 Å². The van der Waals surface area contributed by atoms with Crippen molar-refractivity contribution in [2.75, 3.05) is 25.7 Å². The number of nitrogens with zero attached hydrogens (tertiary/aromatic N) is 3. The SMILES string of the molecule is C=CC1CC(O[Si](C)(C)C)CCN1c1ncnc2cc(OC)c(OC)cc12. The summed E-state index contributed by atoms with van der Waals surface area (Å²) >= 11 is 0. The van der Waals surface area contributed by atoms with E-state index in [-0.39, 0.29) is 12.1 Å². The molecule has 0 spiro atoms. The summed E-state index contributed by atoms with van der Waals surface area (Å²) in [5.41, 5.74) is 0.834. The monoisotopic (exact) mass is 387 g/mol. The summed E-state index contributed by atoms with van der Waals surface area (Å²) < 4.78 is 17.2. The van der Waals surface area contributed by atoms with Crippen molar-refractivity contribution < 1.29 is 13.9 Å². The average Bonchev–Trinajstić information content (AvgIpc) is 2.65. The molecule has 2 heterocycles. The van der Waals surface area contributed by atoms with E-state index in [0.29, 0.717) is 11.5 Å². The van der Waals surface area contributed by atoms with Crippen molar-refractivity contribution in [2.45, 2.75) is 44.6 Å². The van der Waals surface area contributed by atoms with E-state index >= 15 is 0 Å². The van der Waals surface area contributed by atoms with Gasteiger partial charge in [-0.15, -0.1) is 6.58 Å². The number of aromatic nitrogens is 2. The number of hydrogen-bond donors (Lipinski definition) is 0. The minimum absolute atomic E-state index is 0.172. The lowest BCUT2D eigenvalue weighted by atomic mass is 9.99. The van der Waals surface area contributed by atoms with Crippen LogP contribution in [0, 0.1) is 0 Å². The predicted octanol–water partition coefficient (Wildman–Crippen LogP) is 4.02. The molecule has 0 saturated carbocycles. The highest BCUT2D eigenvalue weighted by molar-refractivity contribution is 6.69. The molecule has 27 heavy (non-hydrogen) atoms. The second-order valence-electron chi connectivity index (χ2n) is 7.79. The lowest BCUT2D eigenvalue weighted by Crippen LogP contribution is -2.47. The molecule has 0 amide bonds. The van der Waals surface area contributed by atoms with E-state index in [1.807, 2.05) is 18.2 Å². The molecule has 2 atom stereocenters. The second kappa shape index (κ2) is 7.86. The van der Waals surface area contributed by atoms with Gasteiger partial charge in [0.2, 0.25) is 0 Å². The highest BCUT2D eigenvalue weighted by atomic mass is 28.4. The van der Waals surface area contributed by atoms with E-state index in [4.69, 9.17) is 13.9 Å². The van der Waals surface area contributed by atoms with Gasteiger partial charge in [-0.05, 0) is 38.5 Å². The van der Waals surface area contributed by atoms with Crippen LogP contribution in [-0.4, -0.2) is 51.2 Å². The maximum absolute atomic E-state index is 6.34. The molecule has 0 bridgehead atoms. The Hall–Kier alpha value is -2.12. The fraction of sp³-hybridized carbons (Fsp3) is 0.500. The van der Waals surface area contributed by atoms with Crippen LogP contribution in [0.5, 0.6) is 11.5 Å². The molecule has 3 rings (SSSR count). The van der Waals surface area contributed by atoms with Gasteiger partial charge in [0.1, 0.15) is 12.1 Å². The molecule has 0 N–H and O–H groups in total. The van der Waals surface area contributed by atoms with Crippen molar-refractivity contribution >= 4 is 25.0 Å². The van der Waals surface area contributed by atoms with E-state index in [1.54, 1.807) is 20.5 Å². The van der Waals surface area contributed by atoms with Crippen LogP contribution in [0.25, 0.3) is 10.9 Å². The van der Waals surface area contributed by atoms with Crippen LogP contribution in [0.4, 0.5) is 5.82 Å². The molecule has 6 nitrogen and oxygen atoms in total. The Kier molecular flexibility index (Phi) is 5.71. The molecular weight excluding hydrogens is 358 g/mol. The molecule has 1 aliphatic rings. The number of methoxy groups -OCH3 is 2. The van der Waals surface area contributed by atoms with Gasteiger partial charge in [0, 0.05) is 24.1 Å². The van der Waals surface area contributed by atoms with Gasteiger partial charge >= 0.3 is 0 Å². The first-order valence-electron chi connectivity index (χ1n) is 9.30. The van der Waals surface area contributed by atoms with Crippen molar-refractivity contribution in [3.05, 3.63) is 31.1 Å². The third-order valence-electron chi connectivity index (χ3n) is 4.78. The molecule has 7 heteroatoms. The summed E-state index contributed by atoms with van der Waals surface area (Å²) in [6.45, 7) is 11.6. The smallest absolute Gasteiger partial charge is 0.184 e. The molecule has 1 saturated heterocycles. The van der Waals surface area contributed by atoms with E-state index < -0.39 is 8.32 Å². The zero-order valence-electron chi connectivity index (χ0n) is 16.9. The molecule has 2 aromatic rings. The van der Waals surface area contributed by atoms with Crippen LogP contribution in [0.3, 0.4) is 0 Å². The minimum Gasteiger partial charge on any atom is -0.493 e. The lowest BCUT2D eigenvalue weighted by Gasteiger charge is -2.41. The van der Waals surface area contributed by atoms with Gasteiger partial charge < -0.3 is 18.8 Å².